The van der Waals surface area contributed by atoms with Crippen molar-refractivity contribution in [2.75, 3.05) is 38.9 Å². The quantitative estimate of drug-likeness (QED) is 0.805. The zero-order valence-corrected chi connectivity index (χ0v) is 17.7. The summed E-state index contributed by atoms with van der Waals surface area (Å²) < 4.78 is 17.2. The number of hydrogen-bond donors (Lipinski definition) is 1. The molecule has 0 aliphatic carbocycles. The lowest BCUT2D eigenvalue weighted by Gasteiger charge is -2.31. The number of ether oxygens (including phenoxy) is 3. The molecule has 1 atom stereocenters. The lowest BCUT2D eigenvalue weighted by molar-refractivity contribution is -0.124. The van der Waals surface area contributed by atoms with Crippen LogP contribution in [0.5, 0.6) is 11.5 Å². The molecule has 0 saturated heterocycles. The van der Waals surface area contributed by atoms with Gasteiger partial charge in [0.1, 0.15) is 12.7 Å². The van der Waals surface area contributed by atoms with E-state index in [0.29, 0.717) is 18.0 Å². The molecule has 29 heavy (non-hydrogen) atoms. The minimum Gasteiger partial charge on any atom is -0.493 e. The molecule has 0 saturated carbocycles. The Labute approximate surface area is 172 Å². The summed E-state index contributed by atoms with van der Waals surface area (Å²) in [5, 5.41) is 9.73. The van der Waals surface area contributed by atoms with Crippen LogP contribution in [-0.2, 0) is 9.53 Å². The van der Waals surface area contributed by atoms with E-state index in [1.807, 2.05) is 57.2 Å². The van der Waals surface area contributed by atoms with Gasteiger partial charge in [0.15, 0.2) is 11.5 Å². The molecule has 156 valence electrons. The summed E-state index contributed by atoms with van der Waals surface area (Å²) in [6, 6.07) is 11.6. The first-order chi connectivity index (χ1) is 13.8. The van der Waals surface area contributed by atoms with Gasteiger partial charge in [0.25, 0.3) is 5.91 Å². The highest BCUT2D eigenvalue weighted by Crippen LogP contribution is 2.43. The third-order valence-electron chi connectivity index (χ3n) is 5.16. The molecule has 0 radical (unpaired) electrons. The number of hydrogen-bond acceptors (Lipinski definition) is 5. The number of amides is 1. The highest BCUT2D eigenvalue weighted by molar-refractivity contribution is 5.96. The Balaban J connectivity index is 2.16. The van der Waals surface area contributed by atoms with E-state index in [4.69, 9.17) is 14.2 Å². The molecular formula is C23H29NO5. The number of rotatable bonds is 6. The number of carbonyl (C=O) groups is 1. The van der Waals surface area contributed by atoms with Gasteiger partial charge in [-0.1, -0.05) is 43.7 Å². The van der Waals surface area contributed by atoms with Crippen molar-refractivity contribution < 1.29 is 24.1 Å². The maximum absolute atomic E-state index is 13.0. The number of carbonyl (C=O) groups excluding carboxylic acids is 1. The van der Waals surface area contributed by atoms with E-state index in [2.05, 4.69) is 0 Å². The average Bonchev–Trinajstić information content (AvgIpc) is 2.84. The maximum Gasteiger partial charge on any atom is 0.253 e. The second-order valence-corrected chi connectivity index (χ2v) is 8.14. The number of nitrogens with zero attached hydrogens (tertiary/aromatic N) is 1. The summed E-state index contributed by atoms with van der Waals surface area (Å²) in [7, 11) is 3.19. The number of para-hydroxylation sites is 1. The van der Waals surface area contributed by atoms with Gasteiger partial charge in [-0.2, -0.15) is 0 Å². The van der Waals surface area contributed by atoms with E-state index in [1.165, 1.54) is 0 Å². The van der Waals surface area contributed by atoms with Gasteiger partial charge in [-0.05, 0) is 19.1 Å². The lowest BCUT2D eigenvalue weighted by atomic mass is 9.92. The first kappa shape index (κ1) is 21.1. The minimum atomic E-state index is -0.485. The van der Waals surface area contributed by atoms with Gasteiger partial charge in [-0.3, -0.25) is 4.79 Å². The molecule has 1 aliphatic rings. The molecule has 0 unspecified atom stereocenters. The summed E-state index contributed by atoms with van der Waals surface area (Å²) >= 11 is 0. The normalized spacial score (nSPS) is 17.0. The summed E-state index contributed by atoms with van der Waals surface area (Å²) in [6.07, 6.45) is -0.485. The molecule has 0 fully saturated rings. The largest absolute Gasteiger partial charge is 0.493 e. The van der Waals surface area contributed by atoms with Crippen molar-refractivity contribution in [3.05, 3.63) is 53.1 Å². The van der Waals surface area contributed by atoms with E-state index < -0.39 is 11.5 Å². The smallest absolute Gasteiger partial charge is 0.253 e. The predicted octanol–water partition coefficient (Wildman–Crippen LogP) is 3.48. The molecule has 0 bridgehead atoms. The van der Waals surface area contributed by atoms with Crippen LogP contribution in [0.2, 0.25) is 0 Å². The highest BCUT2D eigenvalue weighted by Gasteiger charge is 2.34. The fraction of sp³-hybridized carbons (Fsp3) is 0.435. The van der Waals surface area contributed by atoms with Gasteiger partial charge in [0, 0.05) is 35.4 Å². The standard InChI is InChI=1S/C23H29NO5/c1-15-9-10-18-17(11-15)21(16-7-6-8-19(27-4)22(16)28-5)29-12-20(26)24(18)13-23(2,3)14-25/h6-11,21,25H,12-14H2,1-5H3/t21-/m1/s1. The molecule has 0 spiro atoms. The van der Waals surface area contributed by atoms with Crippen molar-refractivity contribution in [1.82, 2.24) is 0 Å². The molecule has 1 amide bonds. The maximum atomic E-state index is 13.0. The Morgan fingerprint density at radius 3 is 2.59 bits per heavy atom. The van der Waals surface area contributed by atoms with Crippen molar-refractivity contribution >= 4 is 11.6 Å². The lowest BCUT2D eigenvalue weighted by Crippen LogP contribution is -2.41. The van der Waals surface area contributed by atoms with Crippen molar-refractivity contribution in [3.63, 3.8) is 0 Å². The van der Waals surface area contributed by atoms with Crippen LogP contribution >= 0.6 is 0 Å². The number of aryl methyl sites for hydroxylation is 1. The molecule has 1 N–H and O–H groups in total. The van der Waals surface area contributed by atoms with Gasteiger partial charge >= 0.3 is 0 Å². The summed E-state index contributed by atoms with van der Waals surface area (Å²) in [5.41, 5.74) is 3.10. The predicted molar refractivity (Wildman–Crippen MR) is 112 cm³/mol. The van der Waals surface area contributed by atoms with Crippen molar-refractivity contribution in [1.29, 1.82) is 0 Å². The van der Waals surface area contributed by atoms with Gasteiger partial charge in [0.2, 0.25) is 0 Å². The number of anilines is 1. The molecule has 2 aromatic rings. The summed E-state index contributed by atoms with van der Waals surface area (Å²) in [5.74, 6) is 1.06. The summed E-state index contributed by atoms with van der Waals surface area (Å²) in [6.45, 7) is 6.18. The SMILES string of the molecule is COc1cccc([C@H]2OCC(=O)N(CC(C)(C)CO)c3ccc(C)cc32)c1OC. The van der Waals surface area contributed by atoms with Crippen LogP contribution in [0.4, 0.5) is 5.69 Å². The van der Waals surface area contributed by atoms with Crippen LogP contribution in [0, 0.1) is 12.3 Å². The molecule has 6 nitrogen and oxygen atoms in total. The van der Waals surface area contributed by atoms with Crippen molar-refractivity contribution in [2.45, 2.75) is 26.9 Å². The average molecular weight is 399 g/mol. The fourth-order valence-electron chi connectivity index (χ4n) is 3.61. The Hall–Kier alpha value is -2.57. The number of fused-ring (bicyclic) bond motifs is 1. The van der Waals surface area contributed by atoms with E-state index in [1.54, 1.807) is 19.1 Å². The zero-order valence-electron chi connectivity index (χ0n) is 17.7. The number of benzene rings is 2. The topological polar surface area (TPSA) is 68.2 Å². The van der Waals surface area contributed by atoms with Crippen LogP contribution < -0.4 is 14.4 Å². The molecule has 6 heteroatoms. The highest BCUT2D eigenvalue weighted by atomic mass is 16.5. The van der Waals surface area contributed by atoms with Gasteiger partial charge < -0.3 is 24.2 Å². The van der Waals surface area contributed by atoms with Crippen LogP contribution in [0.3, 0.4) is 0 Å². The second-order valence-electron chi connectivity index (χ2n) is 8.14. The van der Waals surface area contributed by atoms with Gasteiger partial charge in [-0.25, -0.2) is 0 Å². The minimum absolute atomic E-state index is 0.0219. The van der Waals surface area contributed by atoms with Crippen LogP contribution in [0.25, 0.3) is 0 Å². The summed E-state index contributed by atoms with van der Waals surface area (Å²) in [4.78, 5) is 14.7. The van der Waals surface area contributed by atoms with E-state index >= 15 is 0 Å². The Morgan fingerprint density at radius 1 is 1.17 bits per heavy atom. The Morgan fingerprint density at radius 2 is 1.93 bits per heavy atom. The van der Waals surface area contributed by atoms with E-state index in [9.17, 15) is 9.90 Å². The molecule has 2 aromatic carbocycles. The van der Waals surface area contributed by atoms with Crippen LogP contribution in [0.1, 0.15) is 36.6 Å². The molecular weight excluding hydrogens is 370 g/mol. The third-order valence-corrected chi connectivity index (χ3v) is 5.16. The van der Waals surface area contributed by atoms with Crippen molar-refractivity contribution in [3.8, 4) is 11.5 Å². The Kier molecular flexibility index (Phi) is 6.15. The van der Waals surface area contributed by atoms with E-state index in [-0.39, 0.29) is 19.1 Å². The monoisotopic (exact) mass is 399 g/mol. The van der Waals surface area contributed by atoms with Crippen molar-refractivity contribution in [2.24, 2.45) is 5.41 Å². The zero-order chi connectivity index (χ0) is 21.2. The third kappa shape index (κ3) is 4.23. The first-order valence-electron chi connectivity index (χ1n) is 9.65. The van der Waals surface area contributed by atoms with Crippen LogP contribution in [-0.4, -0.2) is 45.0 Å². The number of methoxy groups -OCH3 is 2. The number of aliphatic hydroxyl groups excluding tert-OH is 1. The molecule has 3 rings (SSSR count). The second kappa shape index (κ2) is 8.43. The van der Waals surface area contributed by atoms with Gasteiger partial charge in [0.05, 0.1) is 14.2 Å². The fourth-order valence-corrected chi connectivity index (χ4v) is 3.61. The Bertz CT molecular complexity index is 893. The molecule has 0 aromatic heterocycles. The molecule has 1 aliphatic heterocycles. The van der Waals surface area contributed by atoms with Crippen LogP contribution in [0.15, 0.2) is 36.4 Å². The first-order valence-corrected chi connectivity index (χ1v) is 9.65. The molecule has 1 heterocycles. The van der Waals surface area contributed by atoms with E-state index in [0.717, 1.165) is 22.4 Å². The van der Waals surface area contributed by atoms with Gasteiger partial charge in [-0.15, -0.1) is 0 Å². The number of aliphatic hydroxyl groups is 1.